The van der Waals surface area contributed by atoms with Gasteiger partial charge < -0.3 is 4.57 Å². The van der Waals surface area contributed by atoms with Gasteiger partial charge in [-0.3, -0.25) is 9.59 Å². The number of hydrazone groups is 1. The summed E-state index contributed by atoms with van der Waals surface area (Å²) in [7, 11) is 0. The van der Waals surface area contributed by atoms with Gasteiger partial charge in [-0.1, -0.05) is 72.0 Å². The van der Waals surface area contributed by atoms with E-state index in [1.54, 1.807) is 4.57 Å². The molecule has 0 aliphatic rings. The minimum Gasteiger partial charge on any atom is -0.303 e. The molecular weight excluding hydrogens is 358 g/mol. The van der Waals surface area contributed by atoms with Crippen molar-refractivity contribution in [2.45, 2.75) is 26.8 Å². The van der Waals surface area contributed by atoms with Crippen LogP contribution in [0.4, 0.5) is 0 Å². The minimum atomic E-state index is -0.227. The van der Waals surface area contributed by atoms with Crippen molar-refractivity contribution in [3.05, 3.63) is 92.0 Å². The Morgan fingerprint density at radius 3 is 2.04 bits per heavy atom. The summed E-state index contributed by atoms with van der Waals surface area (Å²) in [6.45, 7) is 4.16. The van der Waals surface area contributed by atoms with Crippen LogP contribution in [0.3, 0.4) is 0 Å². The Labute approximate surface area is 162 Å². The van der Waals surface area contributed by atoms with Crippen LogP contribution in [0.25, 0.3) is 0 Å². The first kappa shape index (κ1) is 18.8. The molecule has 5 nitrogen and oxygen atoms in total. The molecule has 1 heterocycles. The van der Waals surface area contributed by atoms with Crippen LogP contribution in [-0.4, -0.2) is 16.2 Å². The van der Waals surface area contributed by atoms with E-state index in [2.05, 4.69) is 10.5 Å². The first-order valence-electron chi connectivity index (χ1n) is 8.70. The average molecular weight is 379 g/mol. The van der Waals surface area contributed by atoms with Crippen LogP contribution in [0.5, 0.6) is 0 Å². The van der Waals surface area contributed by atoms with Gasteiger partial charge >= 0.3 is 4.87 Å². The summed E-state index contributed by atoms with van der Waals surface area (Å²) < 4.78 is 1.64. The number of aromatic nitrogens is 1. The van der Waals surface area contributed by atoms with Gasteiger partial charge in [0.2, 0.25) is 5.91 Å². The molecule has 0 radical (unpaired) electrons. The van der Waals surface area contributed by atoms with Crippen molar-refractivity contribution in [3.63, 3.8) is 0 Å². The Morgan fingerprint density at radius 1 is 1.00 bits per heavy atom. The number of carbonyl (C=O) groups is 1. The molecule has 27 heavy (non-hydrogen) atoms. The summed E-state index contributed by atoms with van der Waals surface area (Å²) in [6.07, 6.45) is 0.192. The number of amides is 1. The molecule has 0 aliphatic carbocycles. The first-order valence-corrected chi connectivity index (χ1v) is 9.52. The van der Waals surface area contributed by atoms with Crippen LogP contribution in [0.15, 0.2) is 70.6 Å². The summed E-state index contributed by atoms with van der Waals surface area (Å²) in [4.78, 5) is 25.2. The second kappa shape index (κ2) is 8.60. The number of hydrogen-bond acceptors (Lipinski definition) is 4. The zero-order valence-electron chi connectivity index (χ0n) is 15.3. The van der Waals surface area contributed by atoms with E-state index in [1.165, 1.54) is 11.3 Å². The molecule has 3 rings (SSSR count). The van der Waals surface area contributed by atoms with E-state index in [-0.39, 0.29) is 17.2 Å². The van der Waals surface area contributed by atoms with Crippen molar-refractivity contribution in [1.29, 1.82) is 0 Å². The van der Waals surface area contributed by atoms with E-state index in [1.807, 2.05) is 74.5 Å². The smallest absolute Gasteiger partial charge is 0.303 e. The van der Waals surface area contributed by atoms with E-state index in [4.69, 9.17) is 0 Å². The Balaban J connectivity index is 1.74. The molecule has 3 aromatic rings. The van der Waals surface area contributed by atoms with Gasteiger partial charge in [-0.25, -0.2) is 5.43 Å². The highest BCUT2D eigenvalue weighted by atomic mass is 32.1. The van der Waals surface area contributed by atoms with Crippen LogP contribution < -0.4 is 10.3 Å². The fraction of sp³-hybridized carbons (Fsp3) is 0.190. The van der Waals surface area contributed by atoms with Crippen molar-refractivity contribution >= 4 is 23.0 Å². The molecule has 0 saturated heterocycles. The molecule has 0 atom stereocenters. The molecule has 0 saturated carbocycles. The summed E-state index contributed by atoms with van der Waals surface area (Å²) >= 11 is 1.21. The van der Waals surface area contributed by atoms with Gasteiger partial charge in [-0.05, 0) is 13.8 Å². The maximum Gasteiger partial charge on any atom is 0.307 e. The Kier molecular flexibility index (Phi) is 5.98. The summed E-state index contributed by atoms with van der Waals surface area (Å²) in [5.41, 5.74) is 6.09. The van der Waals surface area contributed by atoms with Gasteiger partial charge in [0.05, 0.1) is 5.71 Å². The number of carbonyl (C=O) groups excluding carboxylic acids is 1. The van der Waals surface area contributed by atoms with Crippen molar-refractivity contribution in [1.82, 2.24) is 9.99 Å². The summed E-state index contributed by atoms with van der Waals surface area (Å²) in [5.74, 6) is -0.227. The van der Waals surface area contributed by atoms with Crippen LogP contribution >= 0.6 is 11.3 Å². The number of benzene rings is 2. The largest absolute Gasteiger partial charge is 0.307 e. The van der Waals surface area contributed by atoms with Crippen molar-refractivity contribution in [2.24, 2.45) is 5.10 Å². The number of rotatable bonds is 6. The Hall–Kier alpha value is -2.99. The molecule has 0 unspecified atom stereocenters. The van der Waals surface area contributed by atoms with Crippen molar-refractivity contribution in [3.8, 4) is 0 Å². The third-order valence-electron chi connectivity index (χ3n) is 4.32. The van der Waals surface area contributed by atoms with Gasteiger partial charge in [0.25, 0.3) is 0 Å². The standard InChI is InChI=1S/C21H21N3O2S/c1-15-16(2)27-21(26)24(15)14-13-19(25)22-23-20(17-9-5-3-6-10-17)18-11-7-4-8-12-18/h3-12H,13-14H2,1-2H3,(H,22,25). The fourth-order valence-corrected chi connectivity index (χ4v) is 3.58. The van der Waals surface area contributed by atoms with E-state index in [9.17, 15) is 9.59 Å². The lowest BCUT2D eigenvalue weighted by Gasteiger charge is -2.08. The highest BCUT2D eigenvalue weighted by Gasteiger charge is 2.11. The predicted molar refractivity (Wildman–Crippen MR) is 109 cm³/mol. The number of nitrogens with one attached hydrogen (secondary N) is 1. The molecule has 1 aromatic heterocycles. The fourth-order valence-electron chi connectivity index (χ4n) is 2.72. The van der Waals surface area contributed by atoms with E-state index in [0.29, 0.717) is 12.3 Å². The van der Waals surface area contributed by atoms with Gasteiger partial charge in [0.15, 0.2) is 0 Å². The highest BCUT2D eigenvalue weighted by Crippen LogP contribution is 2.11. The number of hydrogen-bond donors (Lipinski definition) is 1. The second-order valence-electron chi connectivity index (χ2n) is 6.14. The zero-order chi connectivity index (χ0) is 19.2. The lowest BCUT2D eigenvalue weighted by Crippen LogP contribution is -2.24. The maximum absolute atomic E-state index is 12.3. The van der Waals surface area contributed by atoms with Gasteiger partial charge in [-0.2, -0.15) is 5.10 Å². The third kappa shape index (κ3) is 4.60. The van der Waals surface area contributed by atoms with Crippen LogP contribution in [0.2, 0.25) is 0 Å². The Bertz CT molecular complexity index is 963. The average Bonchev–Trinajstić information content (AvgIpc) is 2.93. The van der Waals surface area contributed by atoms with Crippen LogP contribution in [0.1, 0.15) is 28.1 Å². The zero-order valence-corrected chi connectivity index (χ0v) is 16.1. The lowest BCUT2D eigenvalue weighted by atomic mass is 10.0. The van der Waals surface area contributed by atoms with Gasteiger partial charge in [-0.15, -0.1) is 0 Å². The minimum absolute atomic E-state index is 0.0319. The maximum atomic E-state index is 12.3. The SMILES string of the molecule is Cc1sc(=O)n(CCC(=O)NN=C(c2ccccc2)c2ccccc2)c1C. The molecule has 0 spiro atoms. The first-order chi connectivity index (χ1) is 13.1. The predicted octanol–water partition coefficient (Wildman–Crippen LogP) is 3.49. The molecule has 138 valence electrons. The molecular formula is C21H21N3O2S. The number of nitrogens with zero attached hydrogens (tertiary/aromatic N) is 2. The van der Waals surface area contributed by atoms with Crippen LogP contribution in [0, 0.1) is 13.8 Å². The molecule has 2 aromatic carbocycles. The van der Waals surface area contributed by atoms with Crippen LogP contribution in [-0.2, 0) is 11.3 Å². The van der Waals surface area contributed by atoms with E-state index >= 15 is 0 Å². The van der Waals surface area contributed by atoms with Crippen molar-refractivity contribution in [2.75, 3.05) is 0 Å². The number of thiazole rings is 1. The molecule has 1 N–H and O–H groups in total. The second-order valence-corrected chi connectivity index (χ2v) is 7.30. The lowest BCUT2D eigenvalue weighted by molar-refractivity contribution is -0.121. The molecule has 0 fully saturated rings. The molecule has 0 aliphatic heterocycles. The highest BCUT2D eigenvalue weighted by molar-refractivity contribution is 7.09. The molecule has 6 heteroatoms. The van der Waals surface area contributed by atoms with E-state index in [0.717, 1.165) is 21.7 Å². The van der Waals surface area contributed by atoms with E-state index < -0.39 is 0 Å². The summed E-state index contributed by atoms with van der Waals surface area (Å²) in [6, 6.07) is 19.4. The topological polar surface area (TPSA) is 63.5 Å². The van der Waals surface area contributed by atoms with Crippen molar-refractivity contribution < 1.29 is 4.79 Å². The third-order valence-corrected chi connectivity index (χ3v) is 5.32. The Morgan fingerprint density at radius 2 is 1.56 bits per heavy atom. The normalized spacial score (nSPS) is 10.4. The van der Waals surface area contributed by atoms with Gasteiger partial charge in [0, 0.05) is 34.7 Å². The molecule has 0 bridgehead atoms. The quantitative estimate of drug-likeness (QED) is 0.526. The monoisotopic (exact) mass is 379 g/mol. The molecule has 1 amide bonds. The summed E-state index contributed by atoms with van der Waals surface area (Å²) in [5, 5.41) is 4.36. The van der Waals surface area contributed by atoms with Gasteiger partial charge in [0.1, 0.15) is 0 Å². The number of aryl methyl sites for hydroxylation is 1.